The molecule has 222 valence electrons. The van der Waals surface area contributed by atoms with Crippen LogP contribution < -0.4 is 27.0 Å². The molecule has 11 atom stereocenters. The van der Waals surface area contributed by atoms with Crippen molar-refractivity contribution in [3.8, 4) is 0 Å². The van der Waals surface area contributed by atoms with Gasteiger partial charge in [0.1, 0.15) is 0 Å². The van der Waals surface area contributed by atoms with Crippen LogP contribution in [0, 0.1) is 23.7 Å². The summed E-state index contributed by atoms with van der Waals surface area (Å²) in [6.45, 7) is 4.03. The maximum Gasteiger partial charge on any atom is 0.226 e. The van der Waals surface area contributed by atoms with E-state index >= 15 is 0 Å². The number of nitrogens with zero attached hydrogens (tertiary/aromatic N) is 1. The molecule has 1 saturated carbocycles. The third-order valence-corrected chi connectivity index (χ3v) is 14.8. The minimum Gasteiger partial charge on any atom is -0.378 e. The summed E-state index contributed by atoms with van der Waals surface area (Å²) in [5.41, 5.74) is 4.42. The number of ketones is 1. The highest BCUT2D eigenvalue weighted by atomic mass is 32.2. The lowest BCUT2D eigenvalue weighted by Crippen LogP contribution is -2.73. The average molecular weight is 610 g/mol. The van der Waals surface area contributed by atoms with Crippen LogP contribution in [0.5, 0.6) is 0 Å². The van der Waals surface area contributed by atoms with Crippen LogP contribution in [0.25, 0.3) is 0 Å². The Labute approximate surface area is 250 Å². The molecule has 0 bridgehead atoms. The van der Waals surface area contributed by atoms with Gasteiger partial charge in [-0.05, 0) is 54.9 Å². The van der Waals surface area contributed by atoms with Crippen LogP contribution in [-0.4, -0.2) is 101 Å². The van der Waals surface area contributed by atoms with Crippen molar-refractivity contribution >= 4 is 47.0 Å². The van der Waals surface area contributed by atoms with Gasteiger partial charge in [0.25, 0.3) is 0 Å². The van der Waals surface area contributed by atoms with E-state index in [9.17, 15) is 9.59 Å². The molecule has 6 heterocycles. The van der Waals surface area contributed by atoms with Crippen molar-refractivity contribution in [3.63, 3.8) is 0 Å². The predicted molar refractivity (Wildman–Crippen MR) is 161 cm³/mol. The number of thioether (sulfide) groups is 3. The molecule has 6 aliphatic heterocycles. The number of ether oxygens (including phenoxy) is 1. The molecule has 5 saturated heterocycles. The molecule has 6 fully saturated rings. The van der Waals surface area contributed by atoms with Crippen molar-refractivity contribution in [3.05, 3.63) is 11.1 Å². The standard InChI is InChI=1S/C28H44N6O3S3/c29-18-3-1-2-4-19(18)31-21-9-15-12-30-28(36)24(15)27(32-21)33-22-10-16(13-38-22)17-14-39-26-20(35)11-23(40-25(17)26)34-5-7-37-8-6-34/h11,15-19,21-22,24-27,31-33H,1-10,12-14,29H2,(H,30,36)/p+1/t15?,16?,17?,18-,19+,21?,22?,24?,25?,26?,27?/m1/s1. The van der Waals surface area contributed by atoms with E-state index in [1.54, 1.807) is 0 Å². The summed E-state index contributed by atoms with van der Waals surface area (Å²) in [6, 6.07) is 0.920. The minimum absolute atomic E-state index is 0.0150. The van der Waals surface area contributed by atoms with Gasteiger partial charge in [0.2, 0.25) is 5.91 Å². The molecule has 9 unspecified atom stereocenters. The number of allylic oxidation sites excluding steroid dienone is 1. The summed E-state index contributed by atoms with van der Waals surface area (Å²) in [7, 11) is 0. The second-order valence-electron chi connectivity index (χ2n) is 12.8. The average Bonchev–Trinajstić information content (AvgIpc) is 3.69. The number of quaternary nitrogens is 1. The van der Waals surface area contributed by atoms with Crippen LogP contribution in [0.2, 0.25) is 0 Å². The molecule has 7 rings (SSSR count). The molecular formula is C28H45N6O3S3+. The zero-order valence-electron chi connectivity index (χ0n) is 23.2. The first kappa shape index (κ1) is 28.3. The Bertz CT molecular complexity index is 998. The topological polar surface area (TPSA) is 122 Å². The van der Waals surface area contributed by atoms with Crippen molar-refractivity contribution < 1.29 is 20.1 Å². The number of morpholine rings is 1. The summed E-state index contributed by atoms with van der Waals surface area (Å²) in [5, 5.41) is 16.7. The van der Waals surface area contributed by atoms with Gasteiger partial charge in [-0.25, -0.2) is 0 Å². The Morgan fingerprint density at radius 1 is 1.02 bits per heavy atom. The Kier molecular flexibility index (Phi) is 8.68. The minimum atomic E-state index is -0.0194. The Morgan fingerprint density at radius 3 is 2.73 bits per heavy atom. The van der Waals surface area contributed by atoms with E-state index in [2.05, 4.69) is 31.9 Å². The number of carbonyl (C=O) groups is 2. The first-order valence-corrected chi connectivity index (χ1v) is 18.4. The largest absolute Gasteiger partial charge is 0.378 e. The fourth-order valence-electron chi connectivity index (χ4n) is 8.01. The molecule has 1 amide bonds. The van der Waals surface area contributed by atoms with Crippen molar-refractivity contribution in [2.24, 2.45) is 23.7 Å². The number of piperidine rings is 1. The van der Waals surface area contributed by atoms with Gasteiger partial charge in [-0.3, -0.25) is 25.5 Å². The van der Waals surface area contributed by atoms with Crippen molar-refractivity contribution in [1.82, 2.24) is 26.2 Å². The molecule has 12 heteroatoms. The highest BCUT2D eigenvalue weighted by molar-refractivity contribution is 8.07. The Morgan fingerprint density at radius 2 is 1.88 bits per heavy atom. The van der Waals surface area contributed by atoms with Gasteiger partial charge in [0.05, 0.1) is 59.2 Å². The van der Waals surface area contributed by atoms with Gasteiger partial charge in [0, 0.05) is 37.4 Å². The van der Waals surface area contributed by atoms with E-state index < -0.39 is 0 Å². The zero-order valence-corrected chi connectivity index (χ0v) is 25.7. The van der Waals surface area contributed by atoms with Crippen molar-refractivity contribution in [2.45, 2.75) is 78.8 Å². The lowest BCUT2D eigenvalue weighted by Gasteiger charge is -2.42. The summed E-state index contributed by atoms with van der Waals surface area (Å²) in [4.78, 5) is 28.3. The number of rotatable bonds is 6. The van der Waals surface area contributed by atoms with E-state index in [-0.39, 0.29) is 29.4 Å². The summed E-state index contributed by atoms with van der Waals surface area (Å²) >= 11 is 5.85. The fraction of sp³-hybridized carbons (Fsp3) is 0.857. The van der Waals surface area contributed by atoms with Crippen LogP contribution in [0.3, 0.4) is 0 Å². The number of nitrogens with one attached hydrogen (secondary N) is 4. The lowest BCUT2D eigenvalue weighted by molar-refractivity contribution is -0.431. The molecule has 0 spiro atoms. The van der Waals surface area contributed by atoms with E-state index in [4.69, 9.17) is 4.74 Å². The molecule has 0 aromatic heterocycles. The van der Waals surface area contributed by atoms with Crippen LogP contribution in [-0.2, 0) is 14.3 Å². The predicted octanol–water partition coefficient (Wildman–Crippen LogP) is 0.395. The molecule has 7 aliphatic rings. The quantitative estimate of drug-likeness (QED) is 0.289. The molecule has 7 N–H and O–H groups in total. The number of hydrogen-bond acceptors (Lipinski definition) is 10. The van der Waals surface area contributed by atoms with Crippen LogP contribution >= 0.6 is 35.3 Å². The Hall–Kier alpha value is -0.470. The zero-order chi connectivity index (χ0) is 27.2. The van der Waals surface area contributed by atoms with E-state index in [0.29, 0.717) is 46.2 Å². The number of carbonyl (C=O) groups excluding carboxylic acids is 2. The SMILES string of the molecule is [NH3+][C@@H]1CCCC[C@@H]1NC1CC2CNC(=O)C2C(NC2CC(C3CSC4C(=O)C=C(N5CCOCC5)SC43)CS2)N1. The van der Waals surface area contributed by atoms with Gasteiger partial charge >= 0.3 is 0 Å². The highest BCUT2D eigenvalue weighted by Crippen LogP contribution is 2.52. The fourth-order valence-corrected chi connectivity index (χ4v) is 13.1. The molecule has 1 aliphatic carbocycles. The second-order valence-corrected chi connectivity index (χ2v) is 16.4. The second kappa shape index (κ2) is 12.3. The smallest absolute Gasteiger partial charge is 0.226 e. The third kappa shape index (κ3) is 5.73. The summed E-state index contributed by atoms with van der Waals surface area (Å²) < 4.78 is 5.55. The molecular weight excluding hydrogens is 565 g/mol. The third-order valence-electron chi connectivity index (χ3n) is 10.3. The maximum atomic E-state index is 13.1. The first-order valence-electron chi connectivity index (χ1n) is 15.4. The first-order chi connectivity index (χ1) is 19.5. The van der Waals surface area contributed by atoms with Gasteiger partial charge < -0.3 is 20.7 Å². The molecule has 40 heavy (non-hydrogen) atoms. The van der Waals surface area contributed by atoms with Crippen LogP contribution in [0.4, 0.5) is 0 Å². The van der Waals surface area contributed by atoms with Crippen molar-refractivity contribution in [2.75, 3.05) is 44.4 Å². The van der Waals surface area contributed by atoms with Crippen LogP contribution in [0.15, 0.2) is 11.1 Å². The van der Waals surface area contributed by atoms with Gasteiger partial charge in [-0.2, -0.15) is 0 Å². The number of amides is 1. The van der Waals surface area contributed by atoms with E-state index in [1.807, 2.05) is 41.4 Å². The normalized spacial score (nSPS) is 45.7. The van der Waals surface area contributed by atoms with Crippen LogP contribution in [0.1, 0.15) is 38.5 Å². The summed E-state index contributed by atoms with van der Waals surface area (Å²) in [6.07, 6.45) is 9.15. The van der Waals surface area contributed by atoms with Crippen molar-refractivity contribution in [1.29, 1.82) is 0 Å². The summed E-state index contributed by atoms with van der Waals surface area (Å²) in [5.74, 6) is 4.18. The maximum absolute atomic E-state index is 13.1. The number of fused-ring (bicyclic) bond motifs is 2. The number of hydrogen-bond donors (Lipinski definition) is 5. The molecule has 0 aromatic rings. The van der Waals surface area contributed by atoms with Gasteiger partial charge in [-0.1, -0.05) is 6.42 Å². The lowest BCUT2D eigenvalue weighted by atomic mass is 9.83. The molecule has 0 radical (unpaired) electrons. The van der Waals surface area contributed by atoms with E-state index in [0.717, 1.165) is 62.2 Å². The highest BCUT2D eigenvalue weighted by Gasteiger charge is 2.50. The van der Waals surface area contributed by atoms with Gasteiger partial charge in [-0.15, -0.1) is 35.3 Å². The Balaban J connectivity index is 0.985. The van der Waals surface area contributed by atoms with Gasteiger partial charge in [0.15, 0.2) is 5.78 Å². The van der Waals surface area contributed by atoms with E-state index in [1.165, 1.54) is 25.7 Å². The monoisotopic (exact) mass is 609 g/mol. The molecule has 0 aromatic carbocycles. The molecule has 9 nitrogen and oxygen atoms in total.